The highest BCUT2D eigenvalue weighted by Crippen LogP contribution is 2.19. The van der Waals surface area contributed by atoms with Gasteiger partial charge in [0.05, 0.1) is 18.9 Å². The molecule has 25 heavy (non-hydrogen) atoms. The van der Waals surface area contributed by atoms with Crippen molar-refractivity contribution in [2.24, 2.45) is 0 Å². The zero-order valence-electron chi connectivity index (χ0n) is 14.2. The molecule has 0 radical (unpaired) electrons. The van der Waals surface area contributed by atoms with Crippen LogP contribution < -0.4 is 10.1 Å². The molecule has 0 spiro atoms. The third-order valence-electron chi connectivity index (χ3n) is 3.31. The topological polar surface area (TPSA) is 77.8 Å². The van der Waals surface area contributed by atoms with Gasteiger partial charge in [0, 0.05) is 11.6 Å². The minimum absolute atomic E-state index is 0.296. The second-order valence-electron chi connectivity index (χ2n) is 5.22. The number of rotatable bonds is 8. The molecule has 1 aromatic carbocycles. The monoisotopic (exact) mass is 343 g/mol. The lowest BCUT2D eigenvalue weighted by Gasteiger charge is -2.11. The Morgan fingerprint density at radius 2 is 2.04 bits per heavy atom. The van der Waals surface area contributed by atoms with E-state index in [0.29, 0.717) is 18.1 Å². The largest absolute Gasteiger partial charge is 0.493 e. The van der Waals surface area contributed by atoms with Crippen LogP contribution in [0, 0.1) is 0 Å². The summed E-state index contributed by atoms with van der Waals surface area (Å²) in [5, 5.41) is 2.68. The highest BCUT2D eigenvalue weighted by Gasteiger charge is 2.12. The smallest absolute Gasteiger partial charge is 0.331 e. The van der Waals surface area contributed by atoms with Crippen molar-refractivity contribution in [3.05, 3.63) is 60.1 Å². The molecule has 6 nitrogen and oxygen atoms in total. The quantitative estimate of drug-likeness (QED) is 0.588. The molecule has 1 amide bonds. The van der Waals surface area contributed by atoms with Crippen LogP contribution in [-0.2, 0) is 14.3 Å². The van der Waals surface area contributed by atoms with Crippen molar-refractivity contribution >= 4 is 18.0 Å². The lowest BCUT2D eigenvalue weighted by molar-refractivity contribution is -0.144. The van der Waals surface area contributed by atoms with E-state index in [9.17, 15) is 9.59 Å². The highest BCUT2D eigenvalue weighted by atomic mass is 16.5. The number of furan rings is 1. The maximum atomic E-state index is 11.8. The maximum Gasteiger partial charge on any atom is 0.331 e. The summed E-state index contributed by atoms with van der Waals surface area (Å²) in [7, 11) is 0. The van der Waals surface area contributed by atoms with Crippen LogP contribution in [0.25, 0.3) is 6.08 Å². The Balaban J connectivity index is 1.81. The van der Waals surface area contributed by atoms with Gasteiger partial charge in [-0.2, -0.15) is 0 Å². The molecule has 1 aromatic heterocycles. The van der Waals surface area contributed by atoms with Gasteiger partial charge < -0.3 is 19.2 Å². The molecule has 0 saturated carbocycles. The van der Waals surface area contributed by atoms with Gasteiger partial charge in [-0.15, -0.1) is 0 Å². The fourth-order valence-electron chi connectivity index (χ4n) is 2.14. The standard InChI is InChI=1S/C19H21NO5/c1-3-23-17-8-5-4-7-15(17)10-11-19(22)25-13-18(21)20-14(2)16-9-6-12-24-16/h4-12,14H,3,13H2,1-2H3,(H,20,21)/b11-10+/t14-/m0/s1. The second kappa shape index (κ2) is 9.32. The second-order valence-corrected chi connectivity index (χ2v) is 5.22. The van der Waals surface area contributed by atoms with Crippen LogP contribution in [0.5, 0.6) is 5.75 Å². The Kier molecular flexibility index (Phi) is 6.83. The summed E-state index contributed by atoms with van der Waals surface area (Å²) in [5.41, 5.74) is 0.761. The highest BCUT2D eigenvalue weighted by molar-refractivity contribution is 5.89. The molecule has 1 heterocycles. The minimum atomic E-state index is -0.605. The number of carbonyl (C=O) groups excluding carboxylic acids is 2. The first-order chi connectivity index (χ1) is 12.1. The number of hydrogen-bond acceptors (Lipinski definition) is 5. The molecule has 132 valence electrons. The van der Waals surface area contributed by atoms with Crippen LogP contribution in [0.4, 0.5) is 0 Å². The van der Waals surface area contributed by atoms with E-state index in [4.69, 9.17) is 13.9 Å². The van der Waals surface area contributed by atoms with Crippen LogP contribution in [0.1, 0.15) is 31.2 Å². The van der Waals surface area contributed by atoms with Gasteiger partial charge in [0.15, 0.2) is 6.61 Å². The van der Waals surface area contributed by atoms with Gasteiger partial charge in [0.25, 0.3) is 5.91 Å². The zero-order valence-corrected chi connectivity index (χ0v) is 14.2. The average Bonchev–Trinajstić information content (AvgIpc) is 3.14. The Bertz CT molecular complexity index is 721. The summed E-state index contributed by atoms with van der Waals surface area (Å²) >= 11 is 0. The first-order valence-electron chi connectivity index (χ1n) is 7.99. The molecular formula is C19H21NO5. The Hall–Kier alpha value is -3.02. The Morgan fingerprint density at radius 1 is 1.24 bits per heavy atom. The number of amides is 1. The van der Waals surface area contributed by atoms with Crippen molar-refractivity contribution < 1.29 is 23.5 Å². The SMILES string of the molecule is CCOc1ccccc1/C=C/C(=O)OCC(=O)N[C@@H](C)c1ccco1. The van der Waals surface area contributed by atoms with E-state index in [0.717, 1.165) is 5.56 Å². The van der Waals surface area contributed by atoms with Crippen LogP contribution in [-0.4, -0.2) is 25.1 Å². The summed E-state index contributed by atoms with van der Waals surface area (Å²) in [4.78, 5) is 23.5. The predicted molar refractivity (Wildman–Crippen MR) is 92.9 cm³/mol. The molecule has 6 heteroatoms. The van der Waals surface area contributed by atoms with Crippen LogP contribution in [0.15, 0.2) is 53.2 Å². The summed E-state index contributed by atoms with van der Waals surface area (Å²) in [5.74, 6) is 0.304. The predicted octanol–water partition coefficient (Wildman–Crippen LogP) is 3.11. The van der Waals surface area contributed by atoms with Gasteiger partial charge >= 0.3 is 5.97 Å². The summed E-state index contributed by atoms with van der Waals surface area (Å²) in [6.07, 6.45) is 4.39. The number of nitrogens with one attached hydrogen (secondary N) is 1. The van der Waals surface area contributed by atoms with Crippen molar-refractivity contribution in [3.8, 4) is 5.75 Å². The molecule has 2 aromatic rings. The lowest BCUT2D eigenvalue weighted by Crippen LogP contribution is -2.30. The molecule has 1 N–H and O–H groups in total. The molecule has 0 bridgehead atoms. The van der Waals surface area contributed by atoms with E-state index < -0.39 is 11.9 Å². The molecule has 0 aliphatic carbocycles. The van der Waals surface area contributed by atoms with E-state index in [-0.39, 0.29) is 12.6 Å². The van der Waals surface area contributed by atoms with Crippen molar-refractivity contribution in [2.45, 2.75) is 19.9 Å². The fourth-order valence-corrected chi connectivity index (χ4v) is 2.14. The van der Waals surface area contributed by atoms with E-state index in [2.05, 4.69) is 5.32 Å². The van der Waals surface area contributed by atoms with Crippen LogP contribution >= 0.6 is 0 Å². The molecule has 0 aliphatic heterocycles. The third kappa shape index (κ3) is 5.84. The van der Waals surface area contributed by atoms with Crippen molar-refractivity contribution in [2.75, 3.05) is 13.2 Å². The lowest BCUT2D eigenvalue weighted by atomic mass is 10.2. The molecule has 0 unspecified atom stereocenters. The van der Waals surface area contributed by atoms with E-state index in [1.807, 2.05) is 31.2 Å². The Morgan fingerprint density at radius 3 is 2.76 bits per heavy atom. The molecule has 0 saturated heterocycles. The van der Waals surface area contributed by atoms with E-state index in [1.165, 1.54) is 12.3 Å². The number of hydrogen-bond donors (Lipinski definition) is 1. The van der Waals surface area contributed by atoms with Gasteiger partial charge in [-0.05, 0) is 38.1 Å². The maximum absolute atomic E-state index is 11.8. The molecule has 1 atom stereocenters. The third-order valence-corrected chi connectivity index (χ3v) is 3.31. The van der Waals surface area contributed by atoms with E-state index in [1.54, 1.807) is 25.1 Å². The zero-order chi connectivity index (χ0) is 18.1. The minimum Gasteiger partial charge on any atom is -0.493 e. The van der Waals surface area contributed by atoms with Crippen molar-refractivity contribution in [1.29, 1.82) is 0 Å². The van der Waals surface area contributed by atoms with Gasteiger partial charge in [-0.25, -0.2) is 4.79 Å². The fraction of sp³-hybridized carbons (Fsp3) is 0.263. The average molecular weight is 343 g/mol. The Labute approximate surface area is 146 Å². The van der Waals surface area contributed by atoms with Crippen molar-refractivity contribution in [3.63, 3.8) is 0 Å². The first kappa shape index (κ1) is 18.3. The van der Waals surface area contributed by atoms with Crippen LogP contribution in [0.3, 0.4) is 0 Å². The number of carbonyl (C=O) groups is 2. The number of benzene rings is 1. The van der Waals surface area contributed by atoms with Gasteiger partial charge in [-0.1, -0.05) is 18.2 Å². The first-order valence-corrected chi connectivity index (χ1v) is 7.99. The van der Waals surface area contributed by atoms with Gasteiger partial charge in [0.2, 0.25) is 0 Å². The number of para-hydroxylation sites is 1. The van der Waals surface area contributed by atoms with Crippen molar-refractivity contribution in [1.82, 2.24) is 5.32 Å². The molecule has 0 aliphatic rings. The van der Waals surface area contributed by atoms with E-state index >= 15 is 0 Å². The number of esters is 1. The summed E-state index contributed by atoms with van der Waals surface area (Å²) in [6, 6.07) is 10.5. The number of ether oxygens (including phenoxy) is 2. The molecule has 0 fully saturated rings. The van der Waals surface area contributed by atoms with Gasteiger partial charge in [0.1, 0.15) is 11.5 Å². The normalized spacial score (nSPS) is 11.9. The van der Waals surface area contributed by atoms with Gasteiger partial charge in [-0.3, -0.25) is 4.79 Å². The molecule has 2 rings (SSSR count). The molecular weight excluding hydrogens is 322 g/mol. The summed E-state index contributed by atoms with van der Waals surface area (Å²) < 4.78 is 15.6. The summed E-state index contributed by atoms with van der Waals surface area (Å²) in [6.45, 7) is 3.84. The van der Waals surface area contributed by atoms with Crippen LogP contribution in [0.2, 0.25) is 0 Å².